The molecule has 0 spiro atoms. The molecule has 0 N–H and O–H groups in total. The van der Waals surface area contributed by atoms with Gasteiger partial charge in [-0.05, 0) is 37.5 Å². The van der Waals surface area contributed by atoms with E-state index in [1.165, 1.54) is 0 Å². The van der Waals surface area contributed by atoms with E-state index in [-0.39, 0.29) is 5.91 Å². The van der Waals surface area contributed by atoms with E-state index >= 15 is 0 Å². The number of aromatic nitrogens is 2. The highest BCUT2D eigenvalue weighted by Crippen LogP contribution is 2.38. The average molecular weight is 399 g/mol. The Morgan fingerprint density at radius 2 is 1.97 bits per heavy atom. The highest BCUT2D eigenvalue weighted by Gasteiger charge is 2.29. The summed E-state index contributed by atoms with van der Waals surface area (Å²) in [5, 5.41) is 4.72. The van der Waals surface area contributed by atoms with Crippen LogP contribution in [-0.2, 0) is 6.42 Å². The van der Waals surface area contributed by atoms with Gasteiger partial charge in [-0.1, -0.05) is 47.6 Å². The molecule has 1 aliphatic rings. The number of anilines is 1. The molecular weight excluding hydrogens is 378 g/mol. The zero-order chi connectivity index (χ0) is 20.7. The van der Waals surface area contributed by atoms with Crippen molar-refractivity contribution in [3.63, 3.8) is 0 Å². The Bertz CT molecular complexity index is 1230. The van der Waals surface area contributed by atoms with Gasteiger partial charge < -0.3 is 14.2 Å². The Kier molecular flexibility index (Phi) is 4.47. The molecule has 0 aliphatic carbocycles. The van der Waals surface area contributed by atoms with Crippen LogP contribution < -0.4 is 9.64 Å². The highest BCUT2D eigenvalue weighted by atomic mass is 16.5. The predicted octanol–water partition coefficient (Wildman–Crippen LogP) is 4.80. The number of aryl methyl sites for hydroxylation is 2. The fourth-order valence-electron chi connectivity index (χ4n) is 4.15. The summed E-state index contributed by atoms with van der Waals surface area (Å²) < 4.78 is 11.0. The molecule has 2 aromatic heterocycles. The number of para-hydroxylation sites is 1. The van der Waals surface area contributed by atoms with Crippen LogP contribution in [0.2, 0.25) is 0 Å². The monoisotopic (exact) mass is 399 g/mol. The van der Waals surface area contributed by atoms with Crippen molar-refractivity contribution in [3.05, 3.63) is 71.4 Å². The number of hydrogen-bond donors (Lipinski definition) is 0. The zero-order valence-electron chi connectivity index (χ0n) is 16.9. The number of rotatable bonds is 3. The van der Waals surface area contributed by atoms with Crippen LogP contribution in [0.15, 0.2) is 59.1 Å². The van der Waals surface area contributed by atoms with E-state index in [1.54, 1.807) is 7.11 Å². The summed E-state index contributed by atoms with van der Waals surface area (Å²) in [6.07, 6.45) is 1.82. The maximum Gasteiger partial charge on any atom is 0.259 e. The van der Waals surface area contributed by atoms with Gasteiger partial charge in [0, 0.05) is 12.1 Å². The Balaban J connectivity index is 1.69. The largest absolute Gasteiger partial charge is 0.495 e. The maximum absolute atomic E-state index is 13.9. The number of pyridine rings is 1. The van der Waals surface area contributed by atoms with Crippen molar-refractivity contribution < 1.29 is 14.1 Å². The third-order valence-electron chi connectivity index (χ3n) is 5.56. The lowest BCUT2D eigenvalue weighted by Gasteiger charge is -2.31. The molecule has 3 heterocycles. The molecule has 1 amide bonds. The van der Waals surface area contributed by atoms with Gasteiger partial charge in [0.1, 0.15) is 5.75 Å². The topological polar surface area (TPSA) is 68.5 Å². The van der Waals surface area contributed by atoms with E-state index in [4.69, 9.17) is 9.26 Å². The SMILES string of the molecule is COc1cccc2c1N(C(=O)c1cc(-c3ccccc3)nc3onc(C)c13)CCC2. The number of nitrogens with zero attached hydrogens (tertiary/aromatic N) is 3. The zero-order valence-corrected chi connectivity index (χ0v) is 16.9. The van der Waals surface area contributed by atoms with Gasteiger partial charge >= 0.3 is 0 Å². The first-order valence-corrected chi connectivity index (χ1v) is 9.97. The van der Waals surface area contributed by atoms with Gasteiger partial charge in [-0.15, -0.1) is 0 Å². The Hall–Kier alpha value is -3.67. The molecule has 4 aromatic rings. The Labute approximate surface area is 174 Å². The number of amides is 1. The van der Waals surface area contributed by atoms with Crippen LogP contribution in [0.25, 0.3) is 22.4 Å². The molecule has 150 valence electrons. The lowest BCUT2D eigenvalue weighted by Crippen LogP contribution is -2.36. The normalized spacial score (nSPS) is 13.3. The van der Waals surface area contributed by atoms with E-state index in [0.717, 1.165) is 29.7 Å². The van der Waals surface area contributed by atoms with Crippen LogP contribution in [0.1, 0.15) is 28.0 Å². The minimum Gasteiger partial charge on any atom is -0.495 e. The fourth-order valence-corrected chi connectivity index (χ4v) is 4.15. The summed E-state index contributed by atoms with van der Waals surface area (Å²) in [5.41, 5.74) is 5.11. The number of ether oxygens (including phenoxy) is 1. The predicted molar refractivity (Wildman–Crippen MR) is 115 cm³/mol. The molecule has 6 nitrogen and oxygen atoms in total. The van der Waals surface area contributed by atoms with Crippen LogP contribution in [0.5, 0.6) is 5.75 Å². The molecule has 0 saturated carbocycles. The first-order valence-electron chi connectivity index (χ1n) is 9.97. The second-order valence-corrected chi connectivity index (χ2v) is 7.40. The molecule has 0 fully saturated rings. The summed E-state index contributed by atoms with van der Waals surface area (Å²) >= 11 is 0. The summed E-state index contributed by atoms with van der Waals surface area (Å²) in [7, 11) is 1.63. The molecular formula is C24H21N3O3. The number of methoxy groups -OCH3 is 1. The molecule has 5 rings (SSSR count). The van der Waals surface area contributed by atoms with Crippen LogP contribution in [0.4, 0.5) is 5.69 Å². The van der Waals surface area contributed by atoms with Crippen LogP contribution in [0, 0.1) is 6.92 Å². The van der Waals surface area contributed by atoms with Crippen LogP contribution in [-0.4, -0.2) is 29.7 Å². The Morgan fingerprint density at radius 1 is 1.13 bits per heavy atom. The first-order chi connectivity index (χ1) is 14.7. The van der Waals surface area contributed by atoms with Gasteiger partial charge in [-0.25, -0.2) is 4.98 Å². The third kappa shape index (κ3) is 2.92. The lowest BCUT2D eigenvalue weighted by atomic mass is 9.98. The van der Waals surface area contributed by atoms with Crippen molar-refractivity contribution in [1.82, 2.24) is 10.1 Å². The standard InChI is InChI=1S/C24H21N3O3/c1-15-21-18(14-19(25-23(21)30-26-15)16-8-4-3-5-9-16)24(28)27-13-7-11-17-10-6-12-20(29-2)22(17)27/h3-6,8-10,12,14H,7,11,13H2,1-2H3. The second kappa shape index (κ2) is 7.30. The van der Waals surface area contributed by atoms with Gasteiger partial charge in [-0.3, -0.25) is 4.79 Å². The minimum atomic E-state index is -0.101. The summed E-state index contributed by atoms with van der Waals surface area (Å²) in [5.74, 6) is 0.604. The van der Waals surface area contributed by atoms with E-state index in [9.17, 15) is 4.79 Å². The maximum atomic E-state index is 13.9. The summed E-state index contributed by atoms with van der Waals surface area (Å²) in [4.78, 5) is 20.3. The van der Waals surface area contributed by atoms with Crippen molar-refractivity contribution in [2.75, 3.05) is 18.6 Å². The molecule has 1 aliphatic heterocycles. The number of carbonyl (C=O) groups excluding carboxylic acids is 1. The summed E-state index contributed by atoms with van der Waals surface area (Å²) in [6.45, 7) is 2.46. The molecule has 0 atom stereocenters. The fraction of sp³-hybridized carbons (Fsp3) is 0.208. The smallest absolute Gasteiger partial charge is 0.259 e. The van der Waals surface area contributed by atoms with Crippen LogP contribution in [0.3, 0.4) is 0 Å². The average Bonchev–Trinajstić information content (AvgIpc) is 3.18. The quantitative estimate of drug-likeness (QED) is 0.495. The molecule has 0 radical (unpaired) electrons. The van der Waals surface area contributed by atoms with E-state index in [1.807, 2.05) is 60.4 Å². The molecule has 0 bridgehead atoms. The molecule has 2 aromatic carbocycles. The van der Waals surface area contributed by atoms with Crippen molar-refractivity contribution in [1.29, 1.82) is 0 Å². The molecule has 30 heavy (non-hydrogen) atoms. The van der Waals surface area contributed by atoms with Gasteiger partial charge in [-0.2, -0.15) is 0 Å². The number of fused-ring (bicyclic) bond motifs is 2. The van der Waals surface area contributed by atoms with Crippen molar-refractivity contribution >= 4 is 22.7 Å². The number of benzene rings is 2. The third-order valence-corrected chi connectivity index (χ3v) is 5.56. The first kappa shape index (κ1) is 18.4. The van der Waals surface area contributed by atoms with Crippen LogP contribution >= 0.6 is 0 Å². The lowest BCUT2D eigenvalue weighted by molar-refractivity contribution is 0.0986. The van der Waals surface area contributed by atoms with Crippen molar-refractivity contribution in [3.8, 4) is 17.0 Å². The molecule has 0 saturated heterocycles. The number of carbonyl (C=O) groups is 1. The highest BCUT2D eigenvalue weighted by molar-refractivity contribution is 6.15. The second-order valence-electron chi connectivity index (χ2n) is 7.40. The van der Waals surface area contributed by atoms with Gasteiger partial charge in [0.2, 0.25) is 0 Å². The van der Waals surface area contributed by atoms with E-state index < -0.39 is 0 Å². The van der Waals surface area contributed by atoms with Gasteiger partial charge in [0.25, 0.3) is 11.6 Å². The molecule has 0 unspecified atom stereocenters. The van der Waals surface area contributed by atoms with Gasteiger partial charge in [0.15, 0.2) is 0 Å². The van der Waals surface area contributed by atoms with Crippen molar-refractivity contribution in [2.45, 2.75) is 19.8 Å². The Morgan fingerprint density at radius 3 is 2.77 bits per heavy atom. The number of hydrogen-bond acceptors (Lipinski definition) is 5. The van der Waals surface area contributed by atoms with Gasteiger partial charge in [0.05, 0.1) is 35.1 Å². The van der Waals surface area contributed by atoms with Crippen molar-refractivity contribution in [2.24, 2.45) is 0 Å². The van der Waals surface area contributed by atoms with E-state index in [2.05, 4.69) is 16.2 Å². The minimum absolute atomic E-state index is 0.101. The van der Waals surface area contributed by atoms with E-state index in [0.29, 0.717) is 40.3 Å². The molecule has 6 heteroatoms. The summed E-state index contributed by atoms with van der Waals surface area (Å²) in [6, 6.07) is 17.5.